The van der Waals surface area contributed by atoms with E-state index in [1.807, 2.05) is 25.1 Å². The molecule has 0 heterocycles. The van der Waals surface area contributed by atoms with Gasteiger partial charge in [0.05, 0.1) is 0 Å². The van der Waals surface area contributed by atoms with E-state index in [1.165, 1.54) is 0 Å². The number of hydrogen-bond acceptors (Lipinski definition) is 2. The van der Waals surface area contributed by atoms with Crippen LogP contribution in [0.3, 0.4) is 0 Å². The molecule has 0 bridgehead atoms. The molecule has 0 N–H and O–H groups in total. The Hall–Kier alpha value is -0.388. The van der Waals surface area contributed by atoms with Crippen molar-refractivity contribution >= 4 is 27.6 Å². The third-order valence-corrected chi connectivity index (χ3v) is 4.75. The Labute approximate surface area is 90.6 Å². The second-order valence-electron chi connectivity index (χ2n) is 4.37. The molecule has 14 heavy (non-hydrogen) atoms. The van der Waals surface area contributed by atoms with Crippen molar-refractivity contribution in [3.8, 4) is 0 Å². The summed E-state index contributed by atoms with van der Waals surface area (Å²) in [6.45, 7) is 1.97. The van der Waals surface area contributed by atoms with Gasteiger partial charge in [-0.3, -0.25) is 0 Å². The molecule has 3 heteroatoms. The molecule has 0 aliphatic rings. The summed E-state index contributed by atoms with van der Waals surface area (Å²) in [5.74, 6) is -0.164. The molecule has 0 atom stereocenters. The molecule has 0 spiro atoms. The van der Waals surface area contributed by atoms with E-state index < -0.39 is 21.6 Å². The van der Waals surface area contributed by atoms with Crippen LogP contribution in [0.2, 0.25) is 13.4 Å². The molecule has 0 aliphatic carbocycles. The van der Waals surface area contributed by atoms with Crippen molar-refractivity contribution in [1.82, 2.24) is 0 Å². The standard InChI is InChI=1S/C8H8O2.3CH3.Pb/c1-6-3-2-4-7(5-6)8(9)10;;;;/h2-5H,1H3,(H,9,10);3*1H3;/q;;;;+1/p-1. The summed E-state index contributed by atoms with van der Waals surface area (Å²) in [6, 6.07) is 7.51. The van der Waals surface area contributed by atoms with Crippen molar-refractivity contribution in [2.24, 2.45) is 0 Å². The first-order valence-corrected chi connectivity index (χ1v) is 17.9. The summed E-state index contributed by atoms with van der Waals surface area (Å²) in [5, 5.41) is 0. The van der Waals surface area contributed by atoms with Crippen LogP contribution in [0.1, 0.15) is 15.9 Å². The summed E-state index contributed by atoms with van der Waals surface area (Å²) < 4.78 is 11.7. The van der Waals surface area contributed by atoms with Gasteiger partial charge in [-0.15, -0.1) is 0 Å². The zero-order valence-corrected chi connectivity index (χ0v) is 13.0. The molecule has 0 saturated carbocycles. The molecular weight excluding hydrogens is 371 g/mol. The molecule has 0 unspecified atom stereocenters. The summed E-state index contributed by atoms with van der Waals surface area (Å²) in [7, 11) is 0. The fourth-order valence-electron chi connectivity index (χ4n) is 1.11. The van der Waals surface area contributed by atoms with Crippen LogP contribution >= 0.6 is 0 Å². The fraction of sp³-hybridized carbons (Fsp3) is 0.364. The Balaban J connectivity index is 2.80. The van der Waals surface area contributed by atoms with Gasteiger partial charge in [-0.25, -0.2) is 0 Å². The van der Waals surface area contributed by atoms with Crippen LogP contribution in [0.5, 0.6) is 0 Å². The van der Waals surface area contributed by atoms with Crippen LogP contribution in [-0.4, -0.2) is 27.6 Å². The van der Waals surface area contributed by atoms with E-state index >= 15 is 0 Å². The summed E-state index contributed by atoms with van der Waals surface area (Å²) in [5.41, 5.74) is 1.75. The van der Waals surface area contributed by atoms with E-state index in [1.54, 1.807) is 6.07 Å². The van der Waals surface area contributed by atoms with Gasteiger partial charge < -0.3 is 0 Å². The van der Waals surface area contributed by atoms with E-state index in [0.29, 0.717) is 5.56 Å². The minimum atomic E-state index is -2.57. The Morgan fingerprint density at radius 1 is 1.29 bits per heavy atom. The van der Waals surface area contributed by atoms with Crippen LogP contribution in [0.4, 0.5) is 0 Å². The SMILES string of the molecule is Cc1cccc(C(=O)[O][Pb]([CH3])([CH3])[CH3])c1. The Morgan fingerprint density at radius 2 is 1.93 bits per heavy atom. The average molecular weight is 387 g/mol. The van der Waals surface area contributed by atoms with Crippen LogP contribution in [0.15, 0.2) is 24.3 Å². The number of rotatable bonds is 2. The third kappa shape index (κ3) is 3.78. The molecule has 0 aromatic heterocycles. The van der Waals surface area contributed by atoms with E-state index in [4.69, 9.17) is 2.69 Å². The maximum atomic E-state index is 11.6. The van der Waals surface area contributed by atoms with E-state index in [-0.39, 0.29) is 5.97 Å². The maximum absolute atomic E-state index is 11.6. The Morgan fingerprint density at radius 3 is 2.43 bits per heavy atom. The molecule has 0 aliphatic heterocycles. The number of benzene rings is 1. The molecule has 2 nitrogen and oxygen atoms in total. The van der Waals surface area contributed by atoms with Gasteiger partial charge in [0, 0.05) is 0 Å². The molecule has 76 valence electrons. The number of aryl methyl sites for hydroxylation is 1. The molecule has 0 fully saturated rings. The zero-order chi connectivity index (χ0) is 10.8. The first-order chi connectivity index (χ1) is 6.38. The van der Waals surface area contributed by atoms with Crippen molar-refractivity contribution in [1.29, 1.82) is 0 Å². The number of hydrogen-bond donors (Lipinski definition) is 0. The Bertz CT molecular complexity index is 339. The predicted octanol–water partition coefficient (Wildman–Crippen LogP) is 2.99. The molecule has 1 rings (SSSR count). The summed E-state index contributed by atoms with van der Waals surface area (Å²) in [6.07, 6.45) is 0. The summed E-state index contributed by atoms with van der Waals surface area (Å²) in [4.78, 5) is 11.6. The first kappa shape index (κ1) is 11.7. The molecule has 0 saturated heterocycles. The van der Waals surface area contributed by atoms with Gasteiger partial charge in [-0.05, 0) is 0 Å². The van der Waals surface area contributed by atoms with Gasteiger partial charge in [-0.1, -0.05) is 0 Å². The van der Waals surface area contributed by atoms with Crippen molar-refractivity contribution in [2.45, 2.75) is 20.4 Å². The molecule has 0 radical (unpaired) electrons. The van der Waals surface area contributed by atoms with Crippen molar-refractivity contribution in [2.75, 3.05) is 0 Å². The monoisotopic (exact) mass is 388 g/mol. The minimum absolute atomic E-state index is 0.164. The van der Waals surface area contributed by atoms with Gasteiger partial charge in [0.1, 0.15) is 0 Å². The number of carbonyl (C=O) groups is 1. The van der Waals surface area contributed by atoms with Gasteiger partial charge in [-0.2, -0.15) is 0 Å². The van der Waals surface area contributed by atoms with Gasteiger partial charge >= 0.3 is 90.8 Å². The second kappa shape index (κ2) is 4.42. The van der Waals surface area contributed by atoms with Crippen molar-refractivity contribution in [3.05, 3.63) is 35.4 Å². The number of carbonyl (C=O) groups excluding carboxylic acids is 1. The normalized spacial score (nSPS) is 11.1. The summed E-state index contributed by atoms with van der Waals surface area (Å²) >= 11 is -2.57. The van der Waals surface area contributed by atoms with Gasteiger partial charge in [0.25, 0.3) is 0 Å². The van der Waals surface area contributed by atoms with Crippen LogP contribution in [0, 0.1) is 6.92 Å². The predicted molar refractivity (Wildman–Crippen MR) is 59.9 cm³/mol. The van der Waals surface area contributed by atoms with Crippen molar-refractivity contribution < 1.29 is 7.48 Å². The second-order valence-corrected chi connectivity index (χ2v) is 21.6. The fourth-order valence-corrected chi connectivity index (χ4v) is 3.73. The molecular formula is C11H16O2Pb. The van der Waals surface area contributed by atoms with Gasteiger partial charge in [0.2, 0.25) is 0 Å². The topological polar surface area (TPSA) is 26.3 Å². The van der Waals surface area contributed by atoms with E-state index in [9.17, 15) is 4.79 Å². The first-order valence-electron chi connectivity index (χ1n) is 4.68. The van der Waals surface area contributed by atoms with Crippen LogP contribution < -0.4 is 0 Å². The third-order valence-electron chi connectivity index (χ3n) is 1.65. The molecule has 1 aromatic rings. The Kier molecular flexibility index (Phi) is 3.69. The van der Waals surface area contributed by atoms with E-state index in [0.717, 1.165) is 5.56 Å². The molecule has 1 aromatic carbocycles. The molecule has 0 amide bonds. The van der Waals surface area contributed by atoms with E-state index in [2.05, 4.69) is 13.4 Å². The van der Waals surface area contributed by atoms with Crippen LogP contribution in [-0.2, 0) is 2.69 Å². The average Bonchev–Trinajstić information content (AvgIpc) is 2.01. The van der Waals surface area contributed by atoms with Gasteiger partial charge in [0.15, 0.2) is 0 Å². The van der Waals surface area contributed by atoms with Crippen molar-refractivity contribution in [3.63, 3.8) is 0 Å². The quantitative estimate of drug-likeness (QED) is 0.730. The van der Waals surface area contributed by atoms with Crippen LogP contribution in [0.25, 0.3) is 0 Å². The zero-order valence-electron chi connectivity index (χ0n) is 9.13.